The topological polar surface area (TPSA) is 81.9 Å². The van der Waals surface area contributed by atoms with Crippen LogP contribution in [-0.2, 0) is 4.74 Å². The number of alkyl halides is 2. The first kappa shape index (κ1) is 17.9. The molecule has 0 unspecified atom stereocenters. The van der Waals surface area contributed by atoms with Gasteiger partial charge in [-0.3, -0.25) is 10.1 Å². The van der Waals surface area contributed by atoms with Crippen molar-refractivity contribution in [2.75, 3.05) is 13.1 Å². The fourth-order valence-corrected chi connectivity index (χ4v) is 2.29. The summed E-state index contributed by atoms with van der Waals surface area (Å²) in [5.41, 5.74) is -0.535. The second-order valence-electron chi connectivity index (χ2n) is 6.45. The summed E-state index contributed by atoms with van der Waals surface area (Å²) in [5.74, 6) is -0.596. The summed E-state index contributed by atoms with van der Waals surface area (Å²) in [7, 11) is 0. The third-order valence-electron chi connectivity index (χ3n) is 3.40. The van der Waals surface area contributed by atoms with Crippen LogP contribution < -0.4 is 4.74 Å². The highest BCUT2D eigenvalue weighted by molar-refractivity contribution is 5.69. The molecule has 1 amide bonds. The number of carbonyl (C=O) groups is 1. The molecule has 1 aromatic rings. The molecule has 0 N–H and O–H groups in total. The van der Waals surface area contributed by atoms with Gasteiger partial charge in [0.1, 0.15) is 5.60 Å². The van der Waals surface area contributed by atoms with E-state index >= 15 is 0 Å². The van der Waals surface area contributed by atoms with E-state index in [0.717, 1.165) is 6.07 Å². The number of halogens is 2. The second kappa shape index (κ2) is 6.58. The van der Waals surface area contributed by atoms with Gasteiger partial charge in [0.25, 0.3) is 0 Å². The van der Waals surface area contributed by atoms with E-state index in [2.05, 4.69) is 4.74 Å². The van der Waals surface area contributed by atoms with Crippen LogP contribution in [0.2, 0.25) is 0 Å². The number of nitrogens with zero attached hydrogens (tertiary/aromatic N) is 2. The smallest absolute Gasteiger partial charge is 0.410 e. The van der Waals surface area contributed by atoms with Gasteiger partial charge in [0.05, 0.1) is 4.92 Å². The van der Waals surface area contributed by atoms with E-state index in [9.17, 15) is 23.7 Å². The van der Waals surface area contributed by atoms with Gasteiger partial charge in [-0.05, 0) is 32.4 Å². The Labute approximate surface area is 137 Å². The van der Waals surface area contributed by atoms with E-state index in [0.29, 0.717) is 18.7 Å². The molecule has 0 radical (unpaired) electrons. The summed E-state index contributed by atoms with van der Waals surface area (Å²) >= 11 is 0. The van der Waals surface area contributed by atoms with Gasteiger partial charge < -0.3 is 14.4 Å². The number of nitro groups is 1. The Hall–Kier alpha value is -2.45. The number of ether oxygens (including phenoxy) is 2. The van der Waals surface area contributed by atoms with Crippen molar-refractivity contribution in [3.8, 4) is 5.75 Å². The predicted molar refractivity (Wildman–Crippen MR) is 80.3 cm³/mol. The zero-order chi connectivity index (χ0) is 18.1. The van der Waals surface area contributed by atoms with Gasteiger partial charge in [0, 0.05) is 25.1 Å². The van der Waals surface area contributed by atoms with Crippen LogP contribution >= 0.6 is 0 Å². The Balaban J connectivity index is 2.06. The summed E-state index contributed by atoms with van der Waals surface area (Å²) in [6.07, 6.45) is -0.454. The molecule has 9 heteroatoms. The lowest BCUT2D eigenvalue weighted by atomic mass is 9.91. The third-order valence-corrected chi connectivity index (χ3v) is 3.40. The zero-order valence-electron chi connectivity index (χ0n) is 13.5. The van der Waals surface area contributed by atoms with Crippen molar-refractivity contribution in [1.29, 1.82) is 0 Å². The maximum Gasteiger partial charge on any atom is 0.410 e. The molecule has 132 valence electrons. The predicted octanol–water partition coefficient (Wildman–Crippen LogP) is 3.53. The van der Waals surface area contributed by atoms with E-state index in [-0.39, 0.29) is 5.92 Å². The first-order valence-electron chi connectivity index (χ1n) is 7.28. The molecule has 1 heterocycles. The molecular formula is C15H18F2N2O5. The van der Waals surface area contributed by atoms with Gasteiger partial charge in [0.2, 0.25) is 5.75 Å². The van der Waals surface area contributed by atoms with Gasteiger partial charge in [0.15, 0.2) is 0 Å². The third kappa shape index (κ3) is 4.30. The Morgan fingerprint density at radius 3 is 2.50 bits per heavy atom. The van der Waals surface area contributed by atoms with E-state index < -0.39 is 34.7 Å². The zero-order valence-corrected chi connectivity index (χ0v) is 13.5. The van der Waals surface area contributed by atoms with Gasteiger partial charge >= 0.3 is 18.4 Å². The van der Waals surface area contributed by atoms with E-state index in [1.54, 1.807) is 20.8 Å². The number of benzene rings is 1. The molecule has 1 fully saturated rings. The molecular weight excluding hydrogens is 326 g/mol. The molecule has 2 rings (SSSR count). The number of hydrogen-bond donors (Lipinski definition) is 0. The number of nitro benzene ring substituents is 1. The van der Waals surface area contributed by atoms with Crippen molar-refractivity contribution < 1.29 is 28.0 Å². The van der Waals surface area contributed by atoms with E-state index in [4.69, 9.17) is 4.74 Å². The molecule has 24 heavy (non-hydrogen) atoms. The van der Waals surface area contributed by atoms with Gasteiger partial charge in [-0.2, -0.15) is 8.78 Å². The highest BCUT2D eigenvalue weighted by Gasteiger charge is 2.35. The molecule has 1 saturated heterocycles. The highest BCUT2D eigenvalue weighted by Crippen LogP contribution is 2.35. The van der Waals surface area contributed by atoms with Crippen molar-refractivity contribution in [1.82, 2.24) is 4.90 Å². The molecule has 0 bridgehead atoms. The number of likely N-dealkylation sites (tertiary alicyclic amines) is 1. The SMILES string of the molecule is CC(C)(C)OC(=O)N1CC(c2ccc([N+](=O)[O-])c(OC(F)F)c2)C1. The summed E-state index contributed by atoms with van der Waals surface area (Å²) in [5, 5.41) is 10.9. The van der Waals surface area contributed by atoms with Crippen LogP contribution in [-0.4, -0.2) is 41.2 Å². The Bertz CT molecular complexity index is 639. The summed E-state index contributed by atoms with van der Waals surface area (Å²) in [6.45, 7) is 2.81. The number of rotatable bonds is 4. The molecule has 0 saturated carbocycles. The fraction of sp³-hybridized carbons (Fsp3) is 0.533. The van der Waals surface area contributed by atoms with Gasteiger partial charge in [-0.25, -0.2) is 4.79 Å². The lowest BCUT2D eigenvalue weighted by Crippen LogP contribution is -2.50. The Morgan fingerprint density at radius 2 is 2.00 bits per heavy atom. The van der Waals surface area contributed by atoms with Crippen molar-refractivity contribution >= 4 is 11.8 Å². The van der Waals surface area contributed by atoms with Crippen LogP contribution in [0.4, 0.5) is 19.3 Å². The van der Waals surface area contributed by atoms with Crippen molar-refractivity contribution in [2.24, 2.45) is 0 Å². The molecule has 0 aromatic heterocycles. The van der Waals surface area contributed by atoms with Crippen LogP contribution in [0.5, 0.6) is 5.75 Å². The van der Waals surface area contributed by atoms with Crippen LogP contribution in [0.1, 0.15) is 32.3 Å². The minimum atomic E-state index is -3.15. The van der Waals surface area contributed by atoms with Gasteiger partial charge in [-0.1, -0.05) is 6.07 Å². The maximum absolute atomic E-state index is 12.4. The van der Waals surface area contributed by atoms with Crippen LogP contribution in [0.3, 0.4) is 0 Å². The minimum absolute atomic E-state index is 0.113. The summed E-state index contributed by atoms with van der Waals surface area (Å²) in [6, 6.07) is 3.83. The maximum atomic E-state index is 12.4. The van der Waals surface area contributed by atoms with E-state index in [1.165, 1.54) is 17.0 Å². The molecule has 1 aliphatic heterocycles. The average molecular weight is 344 g/mol. The van der Waals surface area contributed by atoms with Crippen LogP contribution in [0.15, 0.2) is 18.2 Å². The molecule has 0 atom stereocenters. The summed E-state index contributed by atoms with van der Waals surface area (Å²) in [4.78, 5) is 23.4. The normalized spacial score (nSPS) is 15.2. The first-order valence-corrected chi connectivity index (χ1v) is 7.28. The lowest BCUT2D eigenvalue weighted by Gasteiger charge is -2.40. The molecule has 0 aliphatic carbocycles. The quantitative estimate of drug-likeness (QED) is 0.616. The first-order chi connectivity index (χ1) is 11.1. The monoisotopic (exact) mass is 344 g/mol. The van der Waals surface area contributed by atoms with Crippen LogP contribution in [0.25, 0.3) is 0 Å². The Kier molecular flexibility index (Phi) is 4.91. The second-order valence-corrected chi connectivity index (χ2v) is 6.45. The highest BCUT2D eigenvalue weighted by atomic mass is 19.3. The number of amides is 1. The molecule has 0 spiro atoms. The van der Waals surface area contributed by atoms with Gasteiger partial charge in [-0.15, -0.1) is 0 Å². The molecule has 7 nitrogen and oxygen atoms in total. The van der Waals surface area contributed by atoms with Crippen molar-refractivity contribution in [2.45, 2.75) is 38.9 Å². The average Bonchev–Trinajstić information content (AvgIpc) is 2.33. The fourth-order valence-electron chi connectivity index (χ4n) is 2.29. The lowest BCUT2D eigenvalue weighted by molar-refractivity contribution is -0.386. The Morgan fingerprint density at radius 1 is 1.38 bits per heavy atom. The van der Waals surface area contributed by atoms with E-state index in [1.807, 2.05) is 0 Å². The van der Waals surface area contributed by atoms with Crippen LogP contribution in [0, 0.1) is 10.1 Å². The standard InChI is InChI=1S/C15H18F2N2O5/c1-15(2,3)24-14(20)18-7-10(8-18)9-4-5-11(19(21)22)12(6-9)23-13(16)17/h4-6,10,13H,7-8H2,1-3H3. The summed E-state index contributed by atoms with van der Waals surface area (Å²) < 4.78 is 34.3. The van der Waals surface area contributed by atoms with Crippen molar-refractivity contribution in [3.05, 3.63) is 33.9 Å². The molecule has 1 aliphatic rings. The number of carbonyl (C=O) groups excluding carboxylic acids is 1. The largest absolute Gasteiger partial charge is 0.444 e. The number of hydrogen-bond acceptors (Lipinski definition) is 5. The minimum Gasteiger partial charge on any atom is -0.444 e. The van der Waals surface area contributed by atoms with Crippen molar-refractivity contribution in [3.63, 3.8) is 0 Å². The molecule has 1 aromatic carbocycles.